The van der Waals surface area contributed by atoms with Gasteiger partial charge >= 0.3 is 11.9 Å². The van der Waals surface area contributed by atoms with Gasteiger partial charge in [0.25, 0.3) is 5.91 Å². The normalized spacial score (nSPS) is 11.5. The Bertz CT molecular complexity index is 1930. The van der Waals surface area contributed by atoms with Crippen molar-refractivity contribution < 1.29 is 65.5 Å². The van der Waals surface area contributed by atoms with Crippen LogP contribution < -0.4 is 15.4 Å². The van der Waals surface area contributed by atoms with Gasteiger partial charge in [-0.1, -0.05) is 19.3 Å². The summed E-state index contributed by atoms with van der Waals surface area (Å²) in [6, 6.07) is 10.3. The summed E-state index contributed by atoms with van der Waals surface area (Å²) in [5.74, 6) is -2.12. The quantitative estimate of drug-likeness (QED) is 0.0614. The number of aryl methyl sites for hydroxylation is 1. The molecule has 0 aliphatic heterocycles. The minimum Gasteiger partial charge on any atom is -0.480 e. The van der Waals surface area contributed by atoms with E-state index < -0.39 is 39.7 Å². The average molecular weight is 877 g/mol. The summed E-state index contributed by atoms with van der Waals surface area (Å²) in [7, 11) is -3.85. The highest BCUT2D eigenvalue weighted by Crippen LogP contribution is 2.27. The van der Waals surface area contributed by atoms with E-state index in [4.69, 9.17) is 33.5 Å². The Kier molecular flexibility index (Phi) is 22.2. The van der Waals surface area contributed by atoms with E-state index in [0.29, 0.717) is 29.9 Å². The second kappa shape index (κ2) is 27.0. The molecule has 0 atom stereocenters. The van der Waals surface area contributed by atoms with Gasteiger partial charge in [0.05, 0.1) is 50.1 Å². The van der Waals surface area contributed by atoms with Crippen molar-refractivity contribution in [1.29, 1.82) is 0 Å². The number of aromatic nitrogens is 2. The van der Waals surface area contributed by atoms with Gasteiger partial charge in [-0.3, -0.25) is 14.4 Å². The Morgan fingerprint density at radius 2 is 1.33 bits per heavy atom. The van der Waals surface area contributed by atoms with E-state index in [1.54, 1.807) is 6.07 Å². The van der Waals surface area contributed by atoms with Gasteiger partial charge in [0, 0.05) is 31.9 Å². The highest BCUT2D eigenvalue weighted by atomic mass is 32.2. The number of esters is 1. The molecule has 3 rings (SSSR count). The maximum atomic E-state index is 14.5. The number of carboxylic acids is 1. The Hall–Kier alpha value is -5.08. The Morgan fingerprint density at radius 1 is 0.738 bits per heavy atom. The van der Waals surface area contributed by atoms with E-state index in [-0.39, 0.29) is 93.3 Å². The Morgan fingerprint density at radius 3 is 1.98 bits per heavy atom. The molecule has 3 aromatic rings. The first kappa shape index (κ1) is 50.3. The van der Waals surface area contributed by atoms with Crippen molar-refractivity contribution in [2.45, 2.75) is 82.0 Å². The fourth-order valence-electron chi connectivity index (χ4n) is 5.38. The molecule has 0 saturated heterocycles. The third kappa shape index (κ3) is 21.8. The van der Waals surface area contributed by atoms with Crippen LogP contribution in [0.1, 0.15) is 81.0 Å². The molecule has 2 amide bonds. The molecule has 19 heteroatoms. The third-order valence-corrected chi connectivity index (χ3v) is 9.90. The Labute approximate surface area is 355 Å². The molecule has 17 nitrogen and oxygen atoms in total. The summed E-state index contributed by atoms with van der Waals surface area (Å²) in [6.07, 6.45) is 7.60. The van der Waals surface area contributed by atoms with Crippen LogP contribution in [0, 0.1) is 5.82 Å². The van der Waals surface area contributed by atoms with Crippen LogP contribution in [-0.4, -0.2) is 119 Å². The number of ether oxygens (including phenoxy) is 6. The van der Waals surface area contributed by atoms with Gasteiger partial charge in [-0.25, -0.2) is 27.6 Å². The molecule has 61 heavy (non-hydrogen) atoms. The molecule has 3 N–H and O–H groups in total. The first-order valence-electron chi connectivity index (χ1n) is 20.0. The zero-order chi connectivity index (χ0) is 44.5. The van der Waals surface area contributed by atoms with Crippen LogP contribution in [0.15, 0.2) is 59.8 Å². The van der Waals surface area contributed by atoms with E-state index in [2.05, 4.69) is 20.6 Å². The maximum Gasteiger partial charge on any atom is 0.329 e. The van der Waals surface area contributed by atoms with Gasteiger partial charge in [0.2, 0.25) is 5.91 Å². The van der Waals surface area contributed by atoms with Crippen LogP contribution in [0.3, 0.4) is 0 Å². The molecule has 0 aliphatic rings. The lowest BCUT2D eigenvalue weighted by atomic mass is 10.0. The summed E-state index contributed by atoms with van der Waals surface area (Å²) in [4.78, 5) is 54.6. The lowest BCUT2D eigenvalue weighted by molar-refractivity contribution is -0.155. The smallest absolute Gasteiger partial charge is 0.329 e. The molecule has 0 radical (unpaired) electrons. The molecule has 0 bridgehead atoms. The summed E-state index contributed by atoms with van der Waals surface area (Å²) in [6.45, 7) is 6.45. The standard InChI is InChI=1S/C42H57FN4O13S/c1-42(2,3)60-40(51)10-8-6-4-5-7-9-31-25-34(13-16-36(31)43)59-33-11-14-35(15-12-33)61(53,54)30-37-46-26-32(27-47-37)41(52)45-18-20-56-21-23-57-28-38(48)44-17-19-55-22-24-58-29-39(49)50/h11-16,25-27H,4-10,17-24,28-30H2,1-3H3,(H,44,48)(H,45,52)(H,49,50). The highest BCUT2D eigenvalue weighted by molar-refractivity contribution is 7.90. The Balaban J connectivity index is 1.30. The number of hydrogen-bond donors (Lipinski definition) is 3. The SMILES string of the molecule is CC(C)(C)OC(=O)CCCCCCCc1cc(Oc2ccc(S(=O)(=O)Cc3ncc(C(=O)NCCOCCOCC(=O)NCCOCCOCC(=O)O)cn3)cc2)ccc1F. The third-order valence-electron chi connectivity index (χ3n) is 8.27. The molecule has 0 saturated carbocycles. The number of nitrogens with zero attached hydrogens (tertiary/aromatic N) is 2. The van der Waals surface area contributed by atoms with Gasteiger partial charge in [-0.2, -0.15) is 0 Å². The molecule has 0 unspecified atom stereocenters. The number of carboxylic acid groups (broad SMARTS) is 1. The monoisotopic (exact) mass is 876 g/mol. The summed E-state index contributed by atoms with van der Waals surface area (Å²) < 4.78 is 72.7. The van der Waals surface area contributed by atoms with Gasteiger partial charge in [-0.05, 0) is 88.1 Å². The average Bonchev–Trinajstić information content (AvgIpc) is 3.20. The molecule has 1 heterocycles. The van der Waals surface area contributed by atoms with E-state index in [9.17, 15) is 32.0 Å². The molecule has 2 aromatic carbocycles. The number of unbranched alkanes of at least 4 members (excludes halogenated alkanes) is 4. The van der Waals surface area contributed by atoms with Gasteiger partial charge < -0.3 is 44.2 Å². The van der Waals surface area contributed by atoms with Crippen molar-refractivity contribution in [1.82, 2.24) is 20.6 Å². The van der Waals surface area contributed by atoms with Crippen LogP contribution in [0.4, 0.5) is 4.39 Å². The predicted molar refractivity (Wildman–Crippen MR) is 219 cm³/mol. The van der Waals surface area contributed by atoms with Gasteiger partial charge in [0.1, 0.15) is 47.7 Å². The lowest BCUT2D eigenvalue weighted by Gasteiger charge is -2.19. The number of rotatable bonds is 30. The largest absolute Gasteiger partial charge is 0.480 e. The number of carbonyl (C=O) groups is 4. The number of aliphatic carboxylic acids is 1. The van der Waals surface area contributed by atoms with E-state index in [1.165, 1.54) is 48.8 Å². The molecule has 336 valence electrons. The van der Waals surface area contributed by atoms with Crippen molar-refractivity contribution in [3.63, 3.8) is 0 Å². The molecule has 0 fully saturated rings. The number of carbonyl (C=O) groups excluding carboxylic acids is 3. The van der Waals surface area contributed by atoms with E-state index >= 15 is 0 Å². The van der Waals surface area contributed by atoms with Crippen LogP contribution in [0.2, 0.25) is 0 Å². The van der Waals surface area contributed by atoms with Crippen LogP contribution in [-0.2, 0) is 60.1 Å². The van der Waals surface area contributed by atoms with Crippen molar-refractivity contribution in [2.75, 3.05) is 65.9 Å². The van der Waals surface area contributed by atoms with Crippen LogP contribution in [0.25, 0.3) is 0 Å². The fourth-order valence-corrected chi connectivity index (χ4v) is 6.59. The topological polar surface area (TPSA) is 228 Å². The first-order valence-corrected chi connectivity index (χ1v) is 21.7. The first-order chi connectivity index (χ1) is 29.1. The number of sulfone groups is 1. The fraction of sp³-hybridized carbons (Fsp3) is 0.524. The molecular weight excluding hydrogens is 820 g/mol. The van der Waals surface area contributed by atoms with Crippen LogP contribution >= 0.6 is 0 Å². The zero-order valence-electron chi connectivity index (χ0n) is 35.0. The second-order valence-electron chi connectivity index (χ2n) is 14.7. The number of halogens is 1. The van der Waals surface area contributed by atoms with Gasteiger partial charge in [-0.15, -0.1) is 0 Å². The maximum absolute atomic E-state index is 14.5. The van der Waals surface area contributed by atoms with E-state index in [0.717, 1.165) is 32.1 Å². The second-order valence-corrected chi connectivity index (χ2v) is 16.6. The van der Waals surface area contributed by atoms with Crippen LogP contribution in [0.5, 0.6) is 11.5 Å². The van der Waals surface area contributed by atoms with Crippen molar-refractivity contribution in [3.05, 3.63) is 77.6 Å². The van der Waals surface area contributed by atoms with Gasteiger partial charge in [0.15, 0.2) is 9.84 Å². The van der Waals surface area contributed by atoms with Crippen molar-refractivity contribution >= 4 is 33.6 Å². The molecular formula is C42H57FN4O13S. The summed E-state index contributed by atoms with van der Waals surface area (Å²) in [5, 5.41) is 13.7. The van der Waals surface area contributed by atoms with Crippen molar-refractivity contribution in [3.8, 4) is 11.5 Å². The minimum atomic E-state index is -3.85. The molecule has 0 spiro atoms. The van der Waals surface area contributed by atoms with E-state index in [1.807, 2.05) is 20.8 Å². The molecule has 1 aromatic heterocycles. The number of nitrogens with one attached hydrogen (secondary N) is 2. The predicted octanol–water partition coefficient (Wildman–Crippen LogP) is 4.60. The number of benzene rings is 2. The molecule has 0 aliphatic carbocycles. The minimum absolute atomic E-state index is 0.00179. The number of hydrogen-bond acceptors (Lipinski definition) is 14. The number of amides is 2. The summed E-state index contributed by atoms with van der Waals surface area (Å²) in [5.41, 5.74) is 0.158. The highest BCUT2D eigenvalue weighted by Gasteiger charge is 2.19. The lowest BCUT2D eigenvalue weighted by Crippen LogP contribution is -2.31. The summed E-state index contributed by atoms with van der Waals surface area (Å²) >= 11 is 0. The van der Waals surface area contributed by atoms with Crippen molar-refractivity contribution in [2.24, 2.45) is 0 Å². The zero-order valence-corrected chi connectivity index (χ0v) is 35.8.